The van der Waals surface area contributed by atoms with E-state index in [1.54, 1.807) is 27.9 Å². The Kier molecular flexibility index (Phi) is 18.3. The molecule has 0 unspecified atom stereocenters. The molecule has 55 heavy (non-hydrogen) atoms. The highest BCUT2D eigenvalue weighted by atomic mass is 19.1. The Morgan fingerprint density at radius 2 is 1.58 bits per heavy atom. The molecule has 0 aromatic heterocycles. The first-order valence-electron chi connectivity index (χ1n) is 19.9. The van der Waals surface area contributed by atoms with Gasteiger partial charge < -0.3 is 35.3 Å². The number of rotatable bonds is 21. The molecule has 1 saturated carbocycles. The van der Waals surface area contributed by atoms with Gasteiger partial charge in [-0.3, -0.25) is 9.59 Å². The minimum Gasteiger partial charge on any atom is -0.491 e. The molecule has 1 fully saturated rings. The van der Waals surface area contributed by atoms with Gasteiger partial charge in [-0.05, 0) is 99.1 Å². The van der Waals surface area contributed by atoms with Crippen molar-refractivity contribution in [2.45, 2.75) is 131 Å². The minimum absolute atomic E-state index is 0.0178. The predicted molar refractivity (Wildman–Crippen MR) is 211 cm³/mol. The molecule has 3 rings (SSSR count). The van der Waals surface area contributed by atoms with Crippen LogP contribution in [-0.2, 0) is 32.0 Å². The number of anilines is 1. The van der Waals surface area contributed by atoms with E-state index in [-0.39, 0.29) is 55.0 Å². The summed E-state index contributed by atoms with van der Waals surface area (Å²) in [5.74, 6) is -2.12. The third-order valence-electron chi connectivity index (χ3n) is 10.2. The Hall–Kier alpha value is -3.77. The molecule has 3 amide bonds. The molecular weight excluding hydrogens is 708 g/mol. The van der Waals surface area contributed by atoms with E-state index >= 15 is 0 Å². The average Bonchev–Trinajstić information content (AvgIpc) is 3.59. The maximum absolute atomic E-state index is 13.8. The number of carbonyl (C=O) groups excluding carboxylic acids is 3. The zero-order chi connectivity index (χ0) is 40.7. The Morgan fingerprint density at radius 1 is 0.909 bits per heavy atom. The van der Waals surface area contributed by atoms with E-state index in [9.17, 15) is 28.3 Å². The van der Waals surface area contributed by atoms with Crippen LogP contribution in [0.4, 0.5) is 19.3 Å². The molecule has 12 heteroatoms. The van der Waals surface area contributed by atoms with Gasteiger partial charge in [-0.2, -0.15) is 0 Å². The average molecular weight is 774 g/mol. The molecule has 0 aliphatic heterocycles. The first kappa shape index (κ1) is 45.6. The number of benzene rings is 2. The van der Waals surface area contributed by atoms with Crippen LogP contribution in [0.25, 0.3) is 0 Å². The summed E-state index contributed by atoms with van der Waals surface area (Å²) in [5.41, 5.74) is 1.21. The van der Waals surface area contributed by atoms with E-state index in [2.05, 4.69) is 22.0 Å². The van der Waals surface area contributed by atoms with Crippen molar-refractivity contribution in [2.24, 2.45) is 29.6 Å². The van der Waals surface area contributed by atoms with Crippen molar-refractivity contribution in [1.82, 2.24) is 10.6 Å². The second kappa shape index (κ2) is 22.1. The third-order valence-corrected chi connectivity index (χ3v) is 10.2. The van der Waals surface area contributed by atoms with Gasteiger partial charge in [-0.25, -0.2) is 13.6 Å². The summed E-state index contributed by atoms with van der Waals surface area (Å²) in [6, 6.07) is 8.18. The fourth-order valence-corrected chi connectivity index (χ4v) is 7.13. The van der Waals surface area contributed by atoms with Crippen molar-refractivity contribution in [1.29, 1.82) is 0 Å². The SMILES string of the molecule is COCCCOc1ccc(CC2CCCC2)cc1NC(=O)C[C@@H](C[C@H](NC(=O)OC(C)(C)C)[C@@H](O)C[C@H](C(=O)NCc1cc(F)cc(F)c1)C(C)C)C(C)C. The predicted octanol–water partition coefficient (Wildman–Crippen LogP) is 8.34. The van der Waals surface area contributed by atoms with Crippen LogP contribution in [0.15, 0.2) is 36.4 Å². The molecule has 4 atom stereocenters. The lowest BCUT2D eigenvalue weighted by atomic mass is 9.81. The Labute approximate surface area is 326 Å². The minimum atomic E-state index is -1.19. The van der Waals surface area contributed by atoms with Crippen LogP contribution in [0.3, 0.4) is 0 Å². The number of carbonyl (C=O) groups is 3. The number of nitrogens with one attached hydrogen (secondary N) is 3. The molecule has 0 radical (unpaired) electrons. The van der Waals surface area contributed by atoms with Crippen LogP contribution in [0.2, 0.25) is 0 Å². The second-order valence-corrected chi connectivity index (χ2v) is 16.8. The Balaban J connectivity index is 1.79. The van der Waals surface area contributed by atoms with Crippen molar-refractivity contribution < 1.29 is 42.5 Å². The lowest BCUT2D eigenvalue weighted by Crippen LogP contribution is -2.48. The van der Waals surface area contributed by atoms with Crippen molar-refractivity contribution in [3.8, 4) is 5.75 Å². The Morgan fingerprint density at radius 3 is 2.18 bits per heavy atom. The summed E-state index contributed by atoms with van der Waals surface area (Å²) < 4.78 is 44.3. The highest BCUT2D eigenvalue weighted by Gasteiger charge is 2.34. The van der Waals surface area contributed by atoms with Gasteiger partial charge in [0.15, 0.2) is 0 Å². The lowest BCUT2D eigenvalue weighted by molar-refractivity contribution is -0.127. The summed E-state index contributed by atoms with van der Waals surface area (Å²) in [6.07, 6.45) is 4.93. The molecular formula is C43H65F2N3O7. The zero-order valence-corrected chi connectivity index (χ0v) is 34.1. The van der Waals surface area contributed by atoms with E-state index in [1.165, 1.54) is 25.7 Å². The number of halogens is 2. The summed E-state index contributed by atoms with van der Waals surface area (Å²) in [4.78, 5) is 40.3. The van der Waals surface area contributed by atoms with Gasteiger partial charge in [0.2, 0.25) is 11.8 Å². The molecule has 10 nitrogen and oxygen atoms in total. The number of hydrogen-bond acceptors (Lipinski definition) is 7. The largest absolute Gasteiger partial charge is 0.491 e. The molecule has 0 spiro atoms. The Bertz CT molecular complexity index is 1500. The van der Waals surface area contributed by atoms with Gasteiger partial charge in [-0.15, -0.1) is 0 Å². The van der Waals surface area contributed by atoms with E-state index in [0.717, 1.165) is 30.2 Å². The molecule has 308 valence electrons. The van der Waals surface area contributed by atoms with Crippen molar-refractivity contribution >= 4 is 23.6 Å². The number of amides is 3. The molecule has 1 aliphatic rings. The quantitative estimate of drug-likeness (QED) is 0.0938. The van der Waals surface area contributed by atoms with Crippen molar-refractivity contribution in [3.63, 3.8) is 0 Å². The van der Waals surface area contributed by atoms with Crippen LogP contribution in [0.1, 0.15) is 111 Å². The van der Waals surface area contributed by atoms with Crippen LogP contribution < -0.4 is 20.7 Å². The zero-order valence-electron chi connectivity index (χ0n) is 34.1. The molecule has 0 bridgehead atoms. The maximum Gasteiger partial charge on any atom is 0.407 e. The van der Waals surface area contributed by atoms with Crippen LogP contribution >= 0.6 is 0 Å². The molecule has 4 N–H and O–H groups in total. The monoisotopic (exact) mass is 773 g/mol. The lowest BCUT2D eigenvalue weighted by Gasteiger charge is -2.33. The van der Waals surface area contributed by atoms with Gasteiger partial charge >= 0.3 is 6.09 Å². The summed E-state index contributed by atoms with van der Waals surface area (Å²) >= 11 is 0. The number of alkyl carbamates (subject to hydrolysis) is 1. The number of hydrogen-bond donors (Lipinski definition) is 4. The fourth-order valence-electron chi connectivity index (χ4n) is 7.13. The second-order valence-electron chi connectivity index (χ2n) is 16.8. The summed E-state index contributed by atoms with van der Waals surface area (Å²) in [7, 11) is 1.64. The van der Waals surface area contributed by atoms with E-state index in [4.69, 9.17) is 14.2 Å². The van der Waals surface area contributed by atoms with Gasteiger partial charge in [0, 0.05) is 45.1 Å². The first-order chi connectivity index (χ1) is 25.9. The van der Waals surface area contributed by atoms with E-state index in [0.29, 0.717) is 37.0 Å². The molecule has 1 aliphatic carbocycles. The molecule has 0 heterocycles. The number of aliphatic hydroxyl groups is 1. The number of ether oxygens (including phenoxy) is 3. The van der Waals surface area contributed by atoms with Crippen molar-refractivity contribution in [2.75, 3.05) is 25.6 Å². The van der Waals surface area contributed by atoms with Crippen LogP contribution in [0.5, 0.6) is 5.75 Å². The highest BCUT2D eigenvalue weighted by Crippen LogP contribution is 2.33. The van der Waals surface area contributed by atoms with Gasteiger partial charge in [-0.1, -0.05) is 59.4 Å². The molecule has 2 aromatic carbocycles. The third kappa shape index (κ3) is 16.5. The van der Waals surface area contributed by atoms with Crippen LogP contribution in [0, 0.1) is 41.2 Å². The number of methoxy groups -OCH3 is 1. The normalized spacial score (nSPS) is 15.7. The standard InChI is InChI=1S/C43H65F2N3O7/c1-27(2)32(23-40(50)47-37-21-30(18-29-12-9-10-13-29)14-15-39(37)54-17-11-16-53-8)22-36(48-42(52)55-43(5,6)7)38(49)25-35(28(3)4)41(51)46-26-31-19-33(44)24-34(45)20-31/h14-15,19-21,24,27-29,32,35-36,38,49H,9-13,16-18,22-23,25-26H2,1-8H3,(H,46,51)(H,47,50)(H,48,52)/t32-,35+,36+,38+/m1/s1. The van der Waals surface area contributed by atoms with Gasteiger partial charge in [0.1, 0.15) is 23.0 Å². The van der Waals surface area contributed by atoms with E-state index < -0.39 is 47.3 Å². The van der Waals surface area contributed by atoms with Crippen LogP contribution in [-0.4, -0.2) is 61.1 Å². The highest BCUT2D eigenvalue weighted by molar-refractivity contribution is 5.92. The molecule has 2 aromatic rings. The summed E-state index contributed by atoms with van der Waals surface area (Å²) in [6.45, 7) is 13.8. The number of aliphatic hydroxyl groups excluding tert-OH is 1. The van der Waals surface area contributed by atoms with Crippen molar-refractivity contribution in [3.05, 3.63) is 59.2 Å². The molecule has 0 saturated heterocycles. The topological polar surface area (TPSA) is 135 Å². The van der Waals surface area contributed by atoms with E-state index in [1.807, 2.05) is 39.8 Å². The summed E-state index contributed by atoms with van der Waals surface area (Å²) in [5, 5.41) is 20.4. The first-order valence-corrected chi connectivity index (χ1v) is 19.9. The smallest absolute Gasteiger partial charge is 0.407 e. The maximum atomic E-state index is 13.8. The van der Waals surface area contributed by atoms with Gasteiger partial charge in [0.05, 0.1) is 24.4 Å². The van der Waals surface area contributed by atoms with Gasteiger partial charge in [0.25, 0.3) is 0 Å². The fraction of sp³-hybridized carbons (Fsp3) is 0.651.